The van der Waals surface area contributed by atoms with Crippen LogP contribution in [0.1, 0.15) is 44.6 Å². The topological polar surface area (TPSA) is 12.0 Å². The van der Waals surface area contributed by atoms with E-state index in [1.165, 1.54) is 32.1 Å². The predicted octanol–water partition coefficient (Wildman–Crippen LogP) is 5.68. The molecule has 0 aromatic heterocycles. The Labute approximate surface area is 120 Å². The van der Waals surface area contributed by atoms with Crippen LogP contribution in [0.15, 0.2) is 12.1 Å². The Balaban J connectivity index is 2.06. The van der Waals surface area contributed by atoms with E-state index in [1.807, 2.05) is 19.1 Å². The minimum Gasteiger partial charge on any atom is -0.381 e. The van der Waals surface area contributed by atoms with Crippen LogP contribution in [0.25, 0.3) is 0 Å². The Morgan fingerprint density at radius 1 is 1.06 bits per heavy atom. The normalized spacial score (nSPS) is 24.7. The summed E-state index contributed by atoms with van der Waals surface area (Å²) in [6.45, 7) is 4.32. The monoisotopic (exact) mass is 285 g/mol. The van der Waals surface area contributed by atoms with Gasteiger partial charge in [0.2, 0.25) is 0 Å². The predicted molar refractivity (Wildman–Crippen MR) is 80.9 cm³/mol. The lowest BCUT2D eigenvalue weighted by Crippen LogP contribution is -2.18. The number of halogens is 2. The van der Waals surface area contributed by atoms with Crippen LogP contribution in [-0.4, -0.2) is 6.04 Å². The molecule has 1 nitrogen and oxygen atoms in total. The summed E-state index contributed by atoms with van der Waals surface area (Å²) >= 11 is 12.4. The average Bonchev–Trinajstić information content (AvgIpc) is 2.51. The van der Waals surface area contributed by atoms with Gasteiger partial charge in [-0.1, -0.05) is 43.0 Å². The Kier molecular flexibility index (Phi) is 4.80. The van der Waals surface area contributed by atoms with E-state index < -0.39 is 0 Å². The summed E-state index contributed by atoms with van der Waals surface area (Å²) in [6, 6.07) is 4.42. The maximum Gasteiger partial charge on any atom is 0.0641 e. The van der Waals surface area contributed by atoms with Crippen molar-refractivity contribution in [3.8, 4) is 0 Å². The van der Waals surface area contributed by atoms with Gasteiger partial charge < -0.3 is 5.32 Å². The van der Waals surface area contributed by atoms with E-state index in [4.69, 9.17) is 23.2 Å². The number of benzene rings is 1. The van der Waals surface area contributed by atoms with Crippen molar-refractivity contribution < 1.29 is 0 Å². The summed E-state index contributed by atoms with van der Waals surface area (Å²) < 4.78 is 0. The van der Waals surface area contributed by atoms with Gasteiger partial charge in [0.1, 0.15) is 0 Å². The van der Waals surface area contributed by atoms with Gasteiger partial charge in [-0.15, -0.1) is 0 Å². The van der Waals surface area contributed by atoms with Crippen molar-refractivity contribution in [1.82, 2.24) is 0 Å². The first-order chi connectivity index (χ1) is 8.56. The molecule has 0 heterocycles. The molecule has 0 spiro atoms. The molecule has 0 amide bonds. The van der Waals surface area contributed by atoms with E-state index in [1.54, 1.807) is 0 Å². The number of anilines is 1. The molecule has 1 aliphatic rings. The Morgan fingerprint density at radius 3 is 2.61 bits per heavy atom. The molecule has 0 bridgehead atoms. The van der Waals surface area contributed by atoms with Gasteiger partial charge in [-0.3, -0.25) is 0 Å². The van der Waals surface area contributed by atoms with Crippen LogP contribution < -0.4 is 5.32 Å². The van der Waals surface area contributed by atoms with Gasteiger partial charge in [0, 0.05) is 11.1 Å². The highest BCUT2D eigenvalue weighted by Crippen LogP contribution is 2.31. The van der Waals surface area contributed by atoms with Crippen molar-refractivity contribution in [3.63, 3.8) is 0 Å². The minimum atomic E-state index is 0.534. The van der Waals surface area contributed by atoms with Crippen molar-refractivity contribution in [2.24, 2.45) is 5.92 Å². The second-order valence-electron chi connectivity index (χ2n) is 5.54. The molecule has 2 atom stereocenters. The molecular weight excluding hydrogens is 265 g/mol. The van der Waals surface area contributed by atoms with Crippen molar-refractivity contribution in [2.75, 3.05) is 5.32 Å². The zero-order chi connectivity index (χ0) is 13.1. The lowest BCUT2D eigenvalue weighted by molar-refractivity contribution is 0.502. The zero-order valence-corrected chi connectivity index (χ0v) is 12.6. The van der Waals surface area contributed by atoms with Crippen molar-refractivity contribution in [3.05, 3.63) is 27.7 Å². The van der Waals surface area contributed by atoms with E-state index in [9.17, 15) is 0 Å². The summed E-state index contributed by atoms with van der Waals surface area (Å²) in [5.74, 6) is 0.855. The first-order valence-corrected chi connectivity index (χ1v) is 7.54. The van der Waals surface area contributed by atoms with Gasteiger partial charge in [-0.05, 0) is 49.8 Å². The fourth-order valence-corrected chi connectivity index (χ4v) is 3.04. The van der Waals surface area contributed by atoms with Crippen LogP contribution in [-0.2, 0) is 0 Å². The van der Waals surface area contributed by atoms with Gasteiger partial charge in [0.15, 0.2) is 0 Å². The summed E-state index contributed by atoms with van der Waals surface area (Å²) in [5, 5.41) is 5.12. The summed E-state index contributed by atoms with van der Waals surface area (Å²) in [7, 11) is 0. The molecule has 1 saturated carbocycles. The molecule has 1 N–H and O–H groups in total. The molecule has 1 aromatic carbocycles. The molecule has 1 fully saturated rings. The van der Waals surface area contributed by atoms with E-state index in [0.717, 1.165) is 27.2 Å². The highest BCUT2D eigenvalue weighted by Gasteiger charge is 2.17. The maximum absolute atomic E-state index is 6.27. The maximum atomic E-state index is 6.27. The number of rotatable bonds is 2. The lowest BCUT2D eigenvalue weighted by atomic mass is 10.0. The van der Waals surface area contributed by atoms with Crippen molar-refractivity contribution >= 4 is 28.9 Å². The minimum absolute atomic E-state index is 0.534. The molecule has 0 radical (unpaired) electrons. The molecule has 2 unspecified atom stereocenters. The van der Waals surface area contributed by atoms with Gasteiger partial charge in [0.25, 0.3) is 0 Å². The van der Waals surface area contributed by atoms with E-state index in [2.05, 4.69) is 12.2 Å². The summed E-state index contributed by atoms with van der Waals surface area (Å²) in [6.07, 6.45) is 6.40. The molecule has 1 aliphatic carbocycles. The van der Waals surface area contributed by atoms with E-state index >= 15 is 0 Å². The number of aryl methyl sites for hydroxylation is 1. The number of nitrogens with one attached hydrogen (secondary N) is 1. The lowest BCUT2D eigenvalue weighted by Gasteiger charge is -2.19. The molecule has 0 saturated heterocycles. The second kappa shape index (κ2) is 6.16. The van der Waals surface area contributed by atoms with Crippen molar-refractivity contribution in [1.29, 1.82) is 0 Å². The van der Waals surface area contributed by atoms with Crippen molar-refractivity contribution in [2.45, 2.75) is 52.0 Å². The number of hydrogen-bond acceptors (Lipinski definition) is 1. The van der Waals surface area contributed by atoms with E-state index in [-0.39, 0.29) is 0 Å². The van der Waals surface area contributed by atoms with Crippen LogP contribution in [0.5, 0.6) is 0 Å². The first kappa shape index (κ1) is 14.0. The fourth-order valence-electron chi connectivity index (χ4n) is 2.61. The average molecular weight is 286 g/mol. The second-order valence-corrected chi connectivity index (χ2v) is 6.35. The zero-order valence-electron chi connectivity index (χ0n) is 11.1. The Hall–Kier alpha value is -0.400. The number of hydrogen-bond donors (Lipinski definition) is 1. The standard InChI is InChI=1S/C15H21Cl2N/c1-10-4-3-5-12(7-6-10)18-15-9-13(16)11(2)8-14(15)17/h8-10,12,18H,3-7H2,1-2H3. The highest BCUT2D eigenvalue weighted by molar-refractivity contribution is 6.35. The highest BCUT2D eigenvalue weighted by atomic mass is 35.5. The molecular formula is C15H21Cl2N. The molecule has 18 heavy (non-hydrogen) atoms. The fraction of sp³-hybridized carbons (Fsp3) is 0.600. The van der Waals surface area contributed by atoms with Gasteiger partial charge in [0.05, 0.1) is 10.7 Å². The van der Waals surface area contributed by atoms with Crippen LogP contribution in [0, 0.1) is 12.8 Å². The summed E-state index contributed by atoms with van der Waals surface area (Å²) in [5.41, 5.74) is 2.01. The third-order valence-corrected chi connectivity index (χ3v) is 4.59. The third kappa shape index (κ3) is 3.55. The molecule has 0 aliphatic heterocycles. The molecule has 1 aromatic rings. The quantitative estimate of drug-likeness (QED) is 0.689. The largest absolute Gasteiger partial charge is 0.381 e. The van der Waals surface area contributed by atoms with Crippen LogP contribution in [0.2, 0.25) is 10.0 Å². The Morgan fingerprint density at radius 2 is 1.83 bits per heavy atom. The SMILES string of the molecule is Cc1cc(Cl)c(NC2CCCC(C)CC2)cc1Cl. The van der Waals surface area contributed by atoms with Gasteiger partial charge in [-0.25, -0.2) is 0 Å². The Bertz CT molecular complexity index is 417. The van der Waals surface area contributed by atoms with Crippen LogP contribution >= 0.6 is 23.2 Å². The molecule has 2 rings (SSSR count). The molecule has 100 valence electrons. The summed E-state index contributed by atoms with van der Waals surface area (Å²) in [4.78, 5) is 0. The smallest absolute Gasteiger partial charge is 0.0641 e. The van der Waals surface area contributed by atoms with Gasteiger partial charge >= 0.3 is 0 Å². The van der Waals surface area contributed by atoms with Crippen LogP contribution in [0.4, 0.5) is 5.69 Å². The van der Waals surface area contributed by atoms with Crippen LogP contribution in [0.3, 0.4) is 0 Å². The third-order valence-electron chi connectivity index (χ3n) is 3.87. The first-order valence-electron chi connectivity index (χ1n) is 6.78. The molecule has 3 heteroatoms. The van der Waals surface area contributed by atoms with Gasteiger partial charge in [-0.2, -0.15) is 0 Å². The van der Waals surface area contributed by atoms with E-state index in [0.29, 0.717) is 6.04 Å².